The van der Waals surface area contributed by atoms with E-state index in [1.165, 1.54) is 4.90 Å². The van der Waals surface area contributed by atoms with Gasteiger partial charge in [-0.15, -0.1) is 0 Å². The SMILES string of the molecule is Cc1[nH]ncc1CNC(=O)N1CCC(C(=O)O)C1. The topological polar surface area (TPSA) is 98.3 Å². The summed E-state index contributed by atoms with van der Waals surface area (Å²) in [7, 11) is 0. The zero-order valence-electron chi connectivity index (χ0n) is 10.1. The molecule has 0 aliphatic carbocycles. The van der Waals surface area contributed by atoms with E-state index in [1.807, 2.05) is 6.92 Å². The average molecular weight is 252 g/mol. The Kier molecular flexibility index (Phi) is 3.50. The zero-order chi connectivity index (χ0) is 13.1. The molecule has 0 radical (unpaired) electrons. The van der Waals surface area contributed by atoms with Crippen LogP contribution in [-0.4, -0.2) is 45.3 Å². The highest BCUT2D eigenvalue weighted by atomic mass is 16.4. The normalized spacial score (nSPS) is 18.9. The number of likely N-dealkylation sites (tertiary alicyclic amines) is 1. The molecule has 0 aromatic carbocycles. The van der Waals surface area contributed by atoms with Gasteiger partial charge in [0.1, 0.15) is 0 Å². The van der Waals surface area contributed by atoms with Crippen molar-refractivity contribution in [2.24, 2.45) is 5.92 Å². The average Bonchev–Trinajstić information content (AvgIpc) is 2.94. The van der Waals surface area contributed by atoms with Gasteiger partial charge in [-0.2, -0.15) is 5.10 Å². The monoisotopic (exact) mass is 252 g/mol. The molecule has 7 heteroatoms. The van der Waals surface area contributed by atoms with E-state index < -0.39 is 11.9 Å². The lowest BCUT2D eigenvalue weighted by molar-refractivity contribution is -0.141. The van der Waals surface area contributed by atoms with E-state index in [9.17, 15) is 9.59 Å². The van der Waals surface area contributed by atoms with Gasteiger partial charge < -0.3 is 15.3 Å². The first-order valence-corrected chi connectivity index (χ1v) is 5.82. The van der Waals surface area contributed by atoms with Gasteiger partial charge in [-0.25, -0.2) is 4.79 Å². The highest BCUT2D eigenvalue weighted by molar-refractivity contribution is 5.77. The first kappa shape index (κ1) is 12.4. The smallest absolute Gasteiger partial charge is 0.317 e. The Labute approximate surface area is 104 Å². The van der Waals surface area contributed by atoms with E-state index in [2.05, 4.69) is 15.5 Å². The van der Waals surface area contributed by atoms with Crippen molar-refractivity contribution in [3.63, 3.8) is 0 Å². The fourth-order valence-corrected chi connectivity index (χ4v) is 1.98. The van der Waals surface area contributed by atoms with Gasteiger partial charge >= 0.3 is 12.0 Å². The number of carboxylic acid groups (broad SMARTS) is 1. The number of rotatable bonds is 3. The van der Waals surface area contributed by atoms with E-state index in [0.29, 0.717) is 19.5 Å². The van der Waals surface area contributed by atoms with Gasteiger partial charge in [-0.3, -0.25) is 9.89 Å². The molecule has 1 aliphatic heterocycles. The van der Waals surface area contributed by atoms with Gasteiger partial charge in [0.25, 0.3) is 0 Å². The Morgan fingerprint density at radius 2 is 2.44 bits per heavy atom. The molecule has 1 saturated heterocycles. The standard InChI is InChI=1S/C11H16N4O3/c1-7-9(5-13-14-7)4-12-11(18)15-3-2-8(6-15)10(16)17/h5,8H,2-4,6H2,1H3,(H,12,18)(H,13,14)(H,16,17). The molecular weight excluding hydrogens is 236 g/mol. The number of carbonyl (C=O) groups excluding carboxylic acids is 1. The predicted molar refractivity (Wildman–Crippen MR) is 62.9 cm³/mol. The molecule has 1 aromatic rings. The van der Waals surface area contributed by atoms with Crippen LogP contribution in [0.25, 0.3) is 0 Å². The van der Waals surface area contributed by atoms with E-state index >= 15 is 0 Å². The van der Waals surface area contributed by atoms with Crippen LogP contribution in [0.4, 0.5) is 4.79 Å². The Morgan fingerprint density at radius 3 is 3.00 bits per heavy atom. The lowest BCUT2D eigenvalue weighted by atomic mass is 10.1. The first-order chi connectivity index (χ1) is 8.58. The maximum atomic E-state index is 11.8. The van der Waals surface area contributed by atoms with Crippen molar-refractivity contribution < 1.29 is 14.7 Å². The largest absolute Gasteiger partial charge is 0.481 e. The molecule has 2 heterocycles. The number of aryl methyl sites for hydroxylation is 1. The van der Waals surface area contributed by atoms with Gasteiger partial charge in [0, 0.05) is 30.9 Å². The third-order valence-corrected chi connectivity index (χ3v) is 3.19. The molecule has 0 bridgehead atoms. The molecule has 1 aromatic heterocycles. The Hall–Kier alpha value is -2.05. The van der Waals surface area contributed by atoms with Gasteiger partial charge in [0.2, 0.25) is 0 Å². The quantitative estimate of drug-likeness (QED) is 0.722. The molecule has 1 aliphatic rings. The third kappa shape index (κ3) is 2.61. The highest BCUT2D eigenvalue weighted by Gasteiger charge is 2.30. The molecule has 0 spiro atoms. The molecule has 1 atom stereocenters. The summed E-state index contributed by atoms with van der Waals surface area (Å²) in [5.41, 5.74) is 1.84. The summed E-state index contributed by atoms with van der Waals surface area (Å²) in [5.74, 6) is -1.28. The maximum Gasteiger partial charge on any atom is 0.317 e. The van der Waals surface area contributed by atoms with Crippen molar-refractivity contribution in [1.82, 2.24) is 20.4 Å². The van der Waals surface area contributed by atoms with Crippen LogP contribution in [-0.2, 0) is 11.3 Å². The van der Waals surface area contributed by atoms with E-state index in [4.69, 9.17) is 5.11 Å². The van der Waals surface area contributed by atoms with E-state index in [1.54, 1.807) is 6.20 Å². The molecule has 1 fully saturated rings. The van der Waals surface area contributed by atoms with Crippen LogP contribution in [0.5, 0.6) is 0 Å². The number of carbonyl (C=O) groups is 2. The first-order valence-electron chi connectivity index (χ1n) is 5.82. The van der Waals surface area contributed by atoms with Gasteiger partial charge in [0.05, 0.1) is 12.1 Å². The van der Waals surface area contributed by atoms with Gasteiger partial charge in [-0.1, -0.05) is 0 Å². The van der Waals surface area contributed by atoms with Crippen molar-refractivity contribution >= 4 is 12.0 Å². The number of aromatic nitrogens is 2. The third-order valence-electron chi connectivity index (χ3n) is 3.19. The van der Waals surface area contributed by atoms with Gasteiger partial charge in [-0.05, 0) is 13.3 Å². The van der Waals surface area contributed by atoms with Crippen LogP contribution in [0.3, 0.4) is 0 Å². The summed E-state index contributed by atoms with van der Waals surface area (Å²) in [6.45, 7) is 3.05. The number of urea groups is 1. The molecule has 1 unspecified atom stereocenters. The van der Waals surface area contributed by atoms with Crippen molar-refractivity contribution in [3.05, 3.63) is 17.5 Å². The van der Waals surface area contributed by atoms with Crippen LogP contribution >= 0.6 is 0 Å². The summed E-state index contributed by atoms with van der Waals surface area (Å²) in [6.07, 6.45) is 2.19. The second kappa shape index (κ2) is 5.07. The number of hydrogen-bond acceptors (Lipinski definition) is 3. The Bertz CT molecular complexity index is 457. The summed E-state index contributed by atoms with van der Waals surface area (Å²) < 4.78 is 0. The Morgan fingerprint density at radius 1 is 1.67 bits per heavy atom. The molecule has 3 N–H and O–H groups in total. The van der Waals surface area contributed by atoms with Crippen molar-refractivity contribution in [2.45, 2.75) is 19.9 Å². The minimum absolute atomic E-state index is 0.223. The molecular formula is C11H16N4O3. The molecule has 0 saturated carbocycles. The maximum absolute atomic E-state index is 11.8. The fraction of sp³-hybridized carbons (Fsp3) is 0.545. The highest BCUT2D eigenvalue weighted by Crippen LogP contribution is 2.16. The van der Waals surface area contributed by atoms with E-state index in [0.717, 1.165) is 11.3 Å². The summed E-state index contributed by atoms with van der Waals surface area (Å²) in [5, 5.41) is 18.3. The number of carboxylic acids is 1. The van der Waals surface area contributed by atoms with Crippen LogP contribution in [0.1, 0.15) is 17.7 Å². The fourth-order valence-electron chi connectivity index (χ4n) is 1.98. The zero-order valence-corrected chi connectivity index (χ0v) is 10.1. The van der Waals surface area contributed by atoms with Crippen molar-refractivity contribution in [1.29, 1.82) is 0 Å². The van der Waals surface area contributed by atoms with E-state index in [-0.39, 0.29) is 12.6 Å². The number of aliphatic carboxylic acids is 1. The van der Waals surface area contributed by atoms with Crippen LogP contribution in [0.2, 0.25) is 0 Å². The lowest BCUT2D eigenvalue weighted by Crippen LogP contribution is -2.38. The van der Waals surface area contributed by atoms with Crippen LogP contribution < -0.4 is 5.32 Å². The minimum atomic E-state index is -0.837. The number of H-pyrrole nitrogens is 1. The van der Waals surface area contributed by atoms with Gasteiger partial charge in [0.15, 0.2) is 0 Å². The molecule has 2 amide bonds. The Balaban J connectivity index is 1.83. The second-order valence-corrected chi connectivity index (χ2v) is 4.45. The van der Waals surface area contributed by atoms with Crippen LogP contribution in [0.15, 0.2) is 6.20 Å². The van der Waals surface area contributed by atoms with Crippen molar-refractivity contribution in [2.75, 3.05) is 13.1 Å². The number of nitrogens with one attached hydrogen (secondary N) is 2. The van der Waals surface area contributed by atoms with Crippen molar-refractivity contribution in [3.8, 4) is 0 Å². The number of nitrogens with zero attached hydrogens (tertiary/aromatic N) is 2. The van der Waals surface area contributed by atoms with Crippen LogP contribution in [0, 0.1) is 12.8 Å². The number of amides is 2. The summed E-state index contributed by atoms with van der Waals surface area (Å²) in [4.78, 5) is 24.1. The number of hydrogen-bond donors (Lipinski definition) is 3. The molecule has 18 heavy (non-hydrogen) atoms. The molecule has 98 valence electrons. The molecule has 2 rings (SSSR count). The summed E-state index contributed by atoms with van der Waals surface area (Å²) in [6, 6.07) is -0.223. The number of aromatic amines is 1. The lowest BCUT2D eigenvalue weighted by Gasteiger charge is -2.16. The molecule has 7 nitrogen and oxygen atoms in total. The second-order valence-electron chi connectivity index (χ2n) is 4.45. The predicted octanol–water partition coefficient (Wildman–Crippen LogP) is 0.334. The summed E-state index contributed by atoms with van der Waals surface area (Å²) >= 11 is 0. The minimum Gasteiger partial charge on any atom is -0.481 e.